The van der Waals surface area contributed by atoms with Crippen molar-refractivity contribution in [2.45, 2.75) is 56.8 Å². The van der Waals surface area contributed by atoms with Crippen molar-refractivity contribution in [3.8, 4) is 0 Å². The zero-order chi connectivity index (χ0) is 12.7. The topological polar surface area (TPSA) is 87.7 Å². The van der Waals surface area contributed by atoms with Crippen molar-refractivity contribution in [1.29, 1.82) is 0 Å². The molecule has 0 radical (unpaired) electrons. The molecule has 1 fully saturated rings. The Hall–Kier alpha value is -0.200. The number of aliphatic hydroxyl groups is 2. The lowest BCUT2D eigenvalue weighted by Gasteiger charge is -2.29. The quantitative estimate of drug-likeness (QED) is 0.481. The molecule has 0 aromatic heterocycles. The van der Waals surface area contributed by atoms with Gasteiger partial charge in [-0.05, 0) is 12.3 Å². The third-order valence-corrected chi connectivity index (χ3v) is 3.60. The van der Waals surface area contributed by atoms with Gasteiger partial charge in [0.1, 0.15) is 0 Å². The van der Waals surface area contributed by atoms with E-state index in [9.17, 15) is 10.2 Å². The maximum absolute atomic E-state index is 9.87. The Labute approximate surface area is 103 Å². The summed E-state index contributed by atoms with van der Waals surface area (Å²) in [5.74, 6) is 0.607. The number of aliphatic hydroxyl groups excluding tert-OH is 2. The highest BCUT2D eigenvalue weighted by molar-refractivity contribution is 4.82. The Balaban J connectivity index is 2.26. The Morgan fingerprint density at radius 3 is 2.53 bits per heavy atom. The van der Waals surface area contributed by atoms with Crippen LogP contribution in [-0.4, -0.2) is 42.1 Å². The van der Waals surface area contributed by atoms with Crippen LogP contribution in [0.1, 0.15) is 38.5 Å². The second-order valence-electron chi connectivity index (χ2n) is 5.01. The summed E-state index contributed by atoms with van der Waals surface area (Å²) >= 11 is 0. The van der Waals surface area contributed by atoms with E-state index in [1.54, 1.807) is 0 Å². The Morgan fingerprint density at radius 2 is 1.94 bits per heavy atom. The number of hydroxylamine groups is 1. The predicted molar refractivity (Wildman–Crippen MR) is 66.2 cm³/mol. The molecular weight excluding hydrogens is 220 g/mol. The molecule has 1 rings (SSSR count). The third-order valence-electron chi connectivity index (χ3n) is 3.60. The standard InChI is InChI=1S/C12H26N2O3/c1-17-14-8-11(15)12(16)10(13)7-9-5-3-2-4-6-9/h9-12,14-16H,2-8,13H2,1H3. The highest BCUT2D eigenvalue weighted by Gasteiger charge is 2.26. The van der Waals surface area contributed by atoms with Crippen LogP contribution in [0.2, 0.25) is 0 Å². The fourth-order valence-electron chi connectivity index (χ4n) is 2.52. The normalized spacial score (nSPS) is 23.3. The van der Waals surface area contributed by atoms with Crippen molar-refractivity contribution < 1.29 is 15.1 Å². The van der Waals surface area contributed by atoms with Crippen molar-refractivity contribution in [2.24, 2.45) is 11.7 Å². The molecule has 5 heteroatoms. The predicted octanol–water partition coefficient (Wildman–Crippen LogP) is 0.157. The van der Waals surface area contributed by atoms with E-state index in [0.29, 0.717) is 5.92 Å². The van der Waals surface area contributed by atoms with E-state index in [2.05, 4.69) is 10.3 Å². The van der Waals surface area contributed by atoms with Crippen molar-refractivity contribution in [3.63, 3.8) is 0 Å². The first-order valence-electron chi connectivity index (χ1n) is 6.52. The van der Waals surface area contributed by atoms with Crippen LogP contribution in [0.15, 0.2) is 0 Å². The number of hydrogen-bond donors (Lipinski definition) is 4. The molecule has 3 atom stereocenters. The summed E-state index contributed by atoms with van der Waals surface area (Å²) in [7, 11) is 1.47. The first kappa shape index (κ1) is 14.9. The molecule has 0 heterocycles. The van der Waals surface area contributed by atoms with Gasteiger partial charge in [0.15, 0.2) is 0 Å². The van der Waals surface area contributed by atoms with Crippen molar-refractivity contribution in [1.82, 2.24) is 5.48 Å². The zero-order valence-electron chi connectivity index (χ0n) is 10.6. The van der Waals surface area contributed by atoms with E-state index in [4.69, 9.17) is 5.73 Å². The number of nitrogens with one attached hydrogen (secondary N) is 1. The second-order valence-corrected chi connectivity index (χ2v) is 5.01. The highest BCUT2D eigenvalue weighted by Crippen LogP contribution is 2.27. The summed E-state index contributed by atoms with van der Waals surface area (Å²) in [5, 5.41) is 19.5. The lowest BCUT2D eigenvalue weighted by atomic mass is 9.83. The summed E-state index contributed by atoms with van der Waals surface area (Å²) in [6, 6.07) is -0.355. The van der Waals surface area contributed by atoms with Gasteiger partial charge in [0, 0.05) is 12.6 Å². The Kier molecular flexibility index (Phi) is 6.99. The van der Waals surface area contributed by atoms with Crippen LogP contribution in [0, 0.1) is 5.92 Å². The lowest BCUT2D eigenvalue weighted by molar-refractivity contribution is -0.0278. The van der Waals surface area contributed by atoms with Gasteiger partial charge in [-0.15, -0.1) is 0 Å². The maximum Gasteiger partial charge on any atom is 0.0963 e. The van der Waals surface area contributed by atoms with E-state index in [1.807, 2.05) is 0 Å². The maximum atomic E-state index is 9.87. The largest absolute Gasteiger partial charge is 0.389 e. The smallest absolute Gasteiger partial charge is 0.0963 e. The molecule has 0 bridgehead atoms. The average molecular weight is 246 g/mol. The van der Waals surface area contributed by atoms with Crippen LogP contribution in [0.5, 0.6) is 0 Å². The molecule has 3 unspecified atom stereocenters. The summed E-state index contributed by atoms with van der Waals surface area (Å²) in [6.45, 7) is 0.191. The van der Waals surface area contributed by atoms with Gasteiger partial charge in [0.05, 0.1) is 19.3 Å². The van der Waals surface area contributed by atoms with Gasteiger partial charge in [-0.1, -0.05) is 32.1 Å². The minimum atomic E-state index is -0.889. The SMILES string of the molecule is CONCC(O)C(O)C(N)CC1CCCCC1. The summed E-state index contributed by atoms with van der Waals surface area (Å²) in [5.41, 5.74) is 8.46. The van der Waals surface area contributed by atoms with E-state index >= 15 is 0 Å². The summed E-state index contributed by atoms with van der Waals surface area (Å²) in [6.07, 6.45) is 5.27. The van der Waals surface area contributed by atoms with Gasteiger partial charge < -0.3 is 20.8 Å². The fraction of sp³-hybridized carbons (Fsp3) is 1.00. The third kappa shape index (κ3) is 5.31. The first-order valence-corrected chi connectivity index (χ1v) is 6.52. The van der Waals surface area contributed by atoms with Crippen LogP contribution in [0.25, 0.3) is 0 Å². The second kappa shape index (κ2) is 8.00. The van der Waals surface area contributed by atoms with E-state index in [0.717, 1.165) is 6.42 Å². The highest BCUT2D eigenvalue weighted by atomic mass is 16.6. The van der Waals surface area contributed by atoms with Gasteiger partial charge in [-0.3, -0.25) is 0 Å². The molecule has 0 aliphatic heterocycles. The minimum absolute atomic E-state index is 0.191. The van der Waals surface area contributed by atoms with Gasteiger partial charge in [0.2, 0.25) is 0 Å². The first-order chi connectivity index (χ1) is 8.15. The van der Waals surface area contributed by atoms with Gasteiger partial charge in [0.25, 0.3) is 0 Å². The zero-order valence-corrected chi connectivity index (χ0v) is 10.6. The molecule has 0 amide bonds. The Morgan fingerprint density at radius 1 is 1.29 bits per heavy atom. The van der Waals surface area contributed by atoms with Crippen LogP contribution < -0.4 is 11.2 Å². The molecule has 0 spiro atoms. The van der Waals surface area contributed by atoms with Crippen LogP contribution >= 0.6 is 0 Å². The molecule has 1 aliphatic rings. The molecular formula is C12H26N2O3. The number of rotatable bonds is 7. The molecule has 17 heavy (non-hydrogen) atoms. The molecule has 5 nitrogen and oxygen atoms in total. The van der Waals surface area contributed by atoms with Crippen LogP contribution in [0.4, 0.5) is 0 Å². The van der Waals surface area contributed by atoms with Crippen LogP contribution in [-0.2, 0) is 4.84 Å². The monoisotopic (exact) mass is 246 g/mol. The molecule has 102 valence electrons. The van der Waals surface area contributed by atoms with Gasteiger partial charge >= 0.3 is 0 Å². The van der Waals surface area contributed by atoms with E-state index < -0.39 is 12.2 Å². The van der Waals surface area contributed by atoms with Gasteiger partial charge in [-0.25, -0.2) is 5.48 Å². The van der Waals surface area contributed by atoms with Crippen LogP contribution in [0.3, 0.4) is 0 Å². The molecule has 5 N–H and O–H groups in total. The van der Waals surface area contributed by atoms with Crippen molar-refractivity contribution >= 4 is 0 Å². The molecule has 1 aliphatic carbocycles. The molecule has 0 saturated heterocycles. The number of nitrogens with two attached hydrogens (primary N) is 1. The molecule has 0 aromatic carbocycles. The molecule has 1 saturated carbocycles. The molecule has 0 aromatic rings. The van der Waals surface area contributed by atoms with E-state index in [-0.39, 0.29) is 12.6 Å². The summed E-state index contributed by atoms with van der Waals surface area (Å²) < 4.78 is 0. The lowest BCUT2D eigenvalue weighted by Crippen LogP contribution is -2.47. The van der Waals surface area contributed by atoms with Crippen molar-refractivity contribution in [3.05, 3.63) is 0 Å². The Bertz CT molecular complexity index is 198. The van der Waals surface area contributed by atoms with Gasteiger partial charge in [-0.2, -0.15) is 0 Å². The minimum Gasteiger partial charge on any atom is -0.389 e. The fourth-order valence-corrected chi connectivity index (χ4v) is 2.52. The van der Waals surface area contributed by atoms with E-state index in [1.165, 1.54) is 39.2 Å². The number of hydrogen-bond acceptors (Lipinski definition) is 5. The van der Waals surface area contributed by atoms with Crippen molar-refractivity contribution in [2.75, 3.05) is 13.7 Å². The summed E-state index contributed by atoms with van der Waals surface area (Å²) in [4.78, 5) is 4.63. The average Bonchev–Trinajstić information content (AvgIpc) is 2.36.